The number of nitrogens with zero attached hydrogens (tertiary/aromatic N) is 4. The van der Waals surface area contributed by atoms with Gasteiger partial charge in [-0.25, -0.2) is 9.78 Å². The number of hydrogen-bond donors (Lipinski definition) is 1. The van der Waals surface area contributed by atoms with Crippen LogP contribution in [0.3, 0.4) is 0 Å². The molecule has 8 nitrogen and oxygen atoms in total. The summed E-state index contributed by atoms with van der Waals surface area (Å²) in [5, 5.41) is 0. The molecule has 5 rings (SSSR count). The molecule has 2 aliphatic heterocycles. The lowest BCUT2D eigenvalue weighted by atomic mass is 10.1. The Bertz CT molecular complexity index is 1040. The van der Waals surface area contributed by atoms with E-state index in [1.165, 1.54) is 0 Å². The van der Waals surface area contributed by atoms with Crippen LogP contribution in [0.5, 0.6) is 0 Å². The van der Waals surface area contributed by atoms with E-state index in [-0.39, 0.29) is 18.7 Å². The van der Waals surface area contributed by atoms with Crippen molar-refractivity contribution >= 4 is 6.09 Å². The zero-order chi connectivity index (χ0) is 22.5. The Balaban J connectivity index is 1.33. The highest BCUT2D eigenvalue weighted by Gasteiger charge is 2.35. The molecule has 2 aliphatic rings. The number of rotatable bonds is 6. The monoisotopic (exact) mass is 447 g/mol. The van der Waals surface area contributed by atoms with Gasteiger partial charge in [0.1, 0.15) is 18.5 Å². The number of amides is 1. The molecule has 3 aromatic rings. The molecule has 2 saturated heterocycles. The van der Waals surface area contributed by atoms with Crippen molar-refractivity contribution < 1.29 is 14.3 Å². The lowest BCUT2D eigenvalue weighted by Crippen LogP contribution is -2.52. The van der Waals surface area contributed by atoms with Gasteiger partial charge in [0.15, 0.2) is 0 Å². The first-order chi connectivity index (χ1) is 16.3. The summed E-state index contributed by atoms with van der Waals surface area (Å²) in [5.74, 6) is 1.31. The van der Waals surface area contributed by atoms with Crippen LogP contribution >= 0.6 is 0 Å². The molecular weight excluding hydrogens is 418 g/mol. The number of carbonyl (C=O) groups is 1. The van der Waals surface area contributed by atoms with E-state index in [0.29, 0.717) is 19.0 Å². The minimum Gasteiger partial charge on any atom is -0.445 e. The van der Waals surface area contributed by atoms with Crippen LogP contribution in [0.2, 0.25) is 0 Å². The van der Waals surface area contributed by atoms with Gasteiger partial charge in [0.05, 0.1) is 18.5 Å². The smallest absolute Gasteiger partial charge is 0.410 e. The molecule has 0 bridgehead atoms. The fraction of sp³-hybridized carbons (Fsp3) is 0.400. The molecule has 0 radical (unpaired) electrons. The van der Waals surface area contributed by atoms with Crippen LogP contribution in [0.4, 0.5) is 4.79 Å². The van der Waals surface area contributed by atoms with E-state index in [1.807, 2.05) is 48.7 Å². The van der Waals surface area contributed by atoms with E-state index in [4.69, 9.17) is 9.47 Å². The van der Waals surface area contributed by atoms with Crippen molar-refractivity contribution in [3.63, 3.8) is 0 Å². The third-order valence-electron chi connectivity index (χ3n) is 6.33. The molecule has 172 valence electrons. The number of imidazole rings is 1. The zero-order valence-corrected chi connectivity index (χ0v) is 18.6. The van der Waals surface area contributed by atoms with Crippen LogP contribution in [0, 0.1) is 5.92 Å². The first-order valence-electron chi connectivity index (χ1n) is 11.5. The van der Waals surface area contributed by atoms with Crippen molar-refractivity contribution in [1.82, 2.24) is 24.8 Å². The Morgan fingerprint density at radius 1 is 1.15 bits per heavy atom. The Morgan fingerprint density at radius 3 is 2.85 bits per heavy atom. The van der Waals surface area contributed by atoms with Crippen molar-refractivity contribution in [2.24, 2.45) is 5.92 Å². The molecule has 4 heterocycles. The molecule has 0 spiro atoms. The number of ether oxygens (including phenoxy) is 2. The Hall–Kier alpha value is -3.23. The second kappa shape index (κ2) is 10.1. The van der Waals surface area contributed by atoms with Gasteiger partial charge >= 0.3 is 6.09 Å². The molecular formula is C25H29N5O3. The van der Waals surface area contributed by atoms with Crippen molar-refractivity contribution in [1.29, 1.82) is 0 Å². The first kappa shape index (κ1) is 21.6. The van der Waals surface area contributed by atoms with Gasteiger partial charge in [-0.05, 0) is 30.0 Å². The predicted molar refractivity (Wildman–Crippen MR) is 123 cm³/mol. The van der Waals surface area contributed by atoms with Gasteiger partial charge in [-0.2, -0.15) is 0 Å². The number of piperazine rings is 1. The summed E-state index contributed by atoms with van der Waals surface area (Å²) >= 11 is 0. The highest BCUT2D eigenvalue weighted by atomic mass is 16.6. The minimum absolute atomic E-state index is 0.213. The Morgan fingerprint density at radius 2 is 2.06 bits per heavy atom. The van der Waals surface area contributed by atoms with Crippen LogP contribution in [-0.2, 0) is 16.1 Å². The molecule has 2 atom stereocenters. The quantitative estimate of drug-likeness (QED) is 0.623. The maximum atomic E-state index is 13.1. The lowest BCUT2D eigenvalue weighted by molar-refractivity contribution is 0.0348. The predicted octanol–water partition coefficient (Wildman–Crippen LogP) is 3.50. The van der Waals surface area contributed by atoms with Gasteiger partial charge in [0.25, 0.3) is 0 Å². The van der Waals surface area contributed by atoms with Crippen LogP contribution in [0.25, 0.3) is 11.3 Å². The van der Waals surface area contributed by atoms with Gasteiger partial charge in [-0.1, -0.05) is 30.3 Å². The standard InChI is InChI=1S/C25H29N5O3/c31-25(33-18-19-5-2-1-3-6-19)30-11-10-29(15-20-8-12-32-17-20)16-23(30)24-27-14-22(28-24)21-7-4-9-26-13-21/h1-7,9,13-14,20,23H,8,10-12,15-18H2,(H,27,28). The maximum absolute atomic E-state index is 13.1. The van der Waals surface area contributed by atoms with Crippen molar-refractivity contribution in [2.75, 3.05) is 39.4 Å². The molecule has 33 heavy (non-hydrogen) atoms. The first-order valence-corrected chi connectivity index (χ1v) is 11.5. The van der Waals surface area contributed by atoms with E-state index < -0.39 is 0 Å². The summed E-state index contributed by atoms with van der Waals surface area (Å²) in [6.07, 6.45) is 6.14. The molecule has 2 unspecified atom stereocenters. The normalized spacial score (nSPS) is 21.3. The van der Waals surface area contributed by atoms with E-state index in [9.17, 15) is 4.79 Å². The fourth-order valence-corrected chi connectivity index (χ4v) is 4.53. The molecule has 0 saturated carbocycles. The van der Waals surface area contributed by atoms with Crippen LogP contribution in [0.1, 0.15) is 23.9 Å². The fourth-order valence-electron chi connectivity index (χ4n) is 4.53. The van der Waals surface area contributed by atoms with Gasteiger partial charge < -0.3 is 14.5 Å². The number of H-pyrrole nitrogens is 1. The maximum Gasteiger partial charge on any atom is 0.410 e. The molecule has 1 amide bonds. The number of nitrogens with one attached hydrogen (secondary N) is 1. The topological polar surface area (TPSA) is 83.6 Å². The third kappa shape index (κ3) is 5.23. The largest absolute Gasteiger partial charge is 0.445 e. The number of aromatic nitrogens is 3. The third-order valence-corrected chi connectivity index (χ3v) is 6.33. The zero-order valence-electron chi connectivity index (χ0n) is 18.6. The molecule has 0 aliphatic carbocycles. The van der Waals surface area contributed by atoms with Crippen LogP contribution in [-0.4, -0.2) is 70.2 Å². The van der Waals surface area contributed by atoms with Crippen molar-refractivity contribution in [2.45, 2.75) is 19.1 Å². The second-order valence-electron chi connectivity index (χ2n) is 8.66. The van der Waals surface area contributed by atoms with E-state index >= 15 is 0 Å². The molecule has 8 heteroatoms. The number of pyridine rings is 1. The number of aromatic amines is 1. The Kier molecular flexibility index (Phi) is 6.64. The molecule has 1 N–H and O–H groups in total. The number of carbonyl (C=O) groups excluding carboxylic acids is 1. The average molecular weight is 448 g/mol. The second-order valence-corrected chi connectivity index (χ2v) is 8.66. The molecule has 2 fully saturated rings. The van der Waals surface area contributed by atoms with Gasteiger partial charge in [-0.3, -0.25) is 14.8 Å². The number of benzene rings is 1. The van der Waals surface area contributed by atoms with E-state index in [0.717, 1.165) is 55.4 Å². The minimum atomic E-state index is -0.313. The van der Waals surface area contributed by atoms with Gasteiger partial charge in [0.2, 0.25) is 0 Å². The molecule has 1 aromatic carbocycles. The summed E-state index contributed by atoms with van der Waals surface area (Å²) in [7, 11) is 0. The van der Waals surface area contributed by atoms with E-state index in [2.05, 4.69) is 19.9 Å². The average Bonchev–Trinajstić information content (AvgIpc) is 3.56. The summed E-state index contributed by atoms with van der Waals surface area (Å²) < 4.78 is 11.2. The summed E-state index contributed by atoms with van der Waals surface area (Å²) in [6.45, 7) is 4.99. The number of hydrogen-bond acceptors (Lipinski definition) is 6. The van der Waals surface area contributed by atoms with Crippen molar-refractivity contribution in [3.8, 4) is 11.3 Å². The Labute approximate surface area is 193 Å². The highest BCUT2D eigenvalue weighted by Crippen LogP contribution is 2.28. The summed E-state index contributed by atoms with van der Waals surface area (Å²) in [5.41, 5.74) is 2.82. The van der Waals surface area contributed by atoms with Crippen LogP contribution in [0.15, 0.2) is 61.1 Å². The van der Waals surface area contributed by atoms with Crippen molar-refractivity contribution in [3.05, 3.63) is 72.4 Å². The summed E-state index contributed by atoms with van der Waals surface area (Å²) in [4.78, 5) is 29.6. The SMILES string of the molecule is O=C(OCc1ccccc1)N1CCN(CC2CCOC2)CC1c1ncc(-c2cccnc2)[nH]1. The molecule has 2 aromatic heterocycles. The van der Waals surface area contributed by atoms with Gasteiger partial charge in [0, 0.05) is 50.7 Å². The summed E-state index contributed by atoms with van der Waals surface area (Å²) in [6, 6.07) is 13.4. The van der Waals surface area contributed by atoms with Crippen LogP contribution < -0.4 is 0 Å². The van der Waals surface area contributed by atoms with Gasteiger partial charge in [-0.15, -0.1) is 0 Å². The van der Waals surface area contributed by atoms with E-state index in [1.54, 1.807) is 17.3 Å². The highest BCUT2D eigenvalue weighted by molar-refractivity contribution is 5.68. The lowest BCUT2D eigenvalue weighted by Gasteiger charge is -2.40.